The molecular formula is C21H19FN2O3. The molecular weight excluding hydrogens is 347 g/mol. The zero-order valence-electron chi connectivity index (χ0n) is 14.5. The summed E-state index contributed by atoms with van der Waals surface area (Å²) in [5, 5.41) is 11.5. The molecule has 0 unspecified atom stereocenters. The van der Waals surface area contributed by atoms with E-state index in [0.717, 1.165) is 24.0 Å². The summed E-state index contributed by atoms with van der Waals surface area (Å²) in [5.41, 5.74) is 4.07. The first-order valence-corrected chi connectivity index (χ1v) is 8.56. The van der Waals surface area contributed by atoms with Crippen molar-refractivity contribution in [2.75, 3.05) is 0 Å². The number of amides is 2. The molecule has 0 spiro atoms. The Morgan fingerprint density at radius 2 is 1.78 bits per heavy atom. The highest BCUT2D eigenvalue weighted by Crippen LogP contribution is 2.24. The molecule has 2 aromatic carbocycles. The molecule has 138 valence electrons. The van der Waals surface area contributed by atoms with Gasteiger partial charge in [0.15, 0.2) is 0 Å². The molecule has 0 heterocycles. The van der Waals surface area contributed by atoms with E-state index in [1.807, 2.05) is 6.07 Å². The van der Waals surface area contributed by atoms with Crippen LogP contribution in [0.25, 0.3) is 17.7 Å². The monoisotopic (exact) mass is 366 g/mol. The highest BCUT2D eigenvalue weighted by molar-refractivity contribution is 6.24. The van der Waals surface area contributed by atoms with Crippen molar-refractivity contribution in [3.05, 3.63) is 77.1 Å². The Hall–Kier alpha value is -3.25. The molecule has 0 saturated heterocycles. The van der Waals surface area contributed by atoms with E-state index in [1.54, 1.807) is 42.5 Å². The Balaban J connectivity index is 1.92. The lowest BCUT2D eigenvalue weighted by Crippen LogP contribution is -2.26. The maximum atomic E-state index is 13.3. The smallest absolute Gasteiger partial charge is 0.267 e. The third kappa shape index (κ3) is 5.36. The normalized spacial score (nSPS) is 14.2. The average Bonchev–Trinajstić information content (AvgIpc) is 3.49. The number of hydrogen-bond acceptors (Lipinski definition) is 3. The summed E-state index contributed by atoms with van der Waals surface area (Å²) in [7, 11) is 0. The molecule has 1 aliphatic carbocycles. The highest BCUT2D eigenvalue weighted by Gasteiger charge is 2.25. The predicted molar refractivity (Wildman–Crippen MR) is 101 cm³/mol. The quantitative estimate of drug-likeness (QED) is 0.318. The Labute approximate surface area is 156 Å². The van der Waals surface area contributed by atoms with Gasteiger partial charge >= 0.3 is 0 Å². The lowest BCUT2D eigenvalue weighted by atomic mass is 10.0. The van der Waals surface area contributed by atoms with Gasteiger partial charge in [-0.2, -0.15) is 0 Å². The molecule has 2 aromatic rings. The Morgan fingerprint density at radius 1 is 1.07 bits per heavy atom. The van der Waals surface area contributed by atoms with Gasteiger partial charge in [-0.1, -0.05) is 30.3 Å². The second kappa shape index (κ2) is 8.42. The number of hydrogen-bond donors (Lipinski definition) is 3. The fourth-order valence-electron chi connectivity index (χ4n) is 2.53. The van der Waals surface area contributed by atoms with E-state index < -0.39 is 5.91 Å². The summed E-state index contributed by atoms with van der Waals surface area (Å²) >= 11 is 0. The van der Waals surface area contributed by atoms with Crippen molar-refractivity contribution < 1.29 is 19.2 Å². The van der Waals surface area contributed by atoms with Gasteiger partial charge in [0.25, 0.3) is 11.8 Å². The number of rotatable bonds is 6. The van der Waals surface area contributed by atoms with E-state index in [1.165, 1.54) is 23.7 Å². The van der Waals surface area contributed by atoms with Gasteiger partial charge in [0.05, 0.1) is 0 Å². The topological polar surface area (TPSA) is 78.4 Å². The summed E-state index contributed by atoms with van der Waals surface area (Å²) in [5.74, 6) is -1.20. The molecule has 0 aromatic heterocycles. The first-order chi connectivity index (χ1) is 13.0. The lowest BCUT2D eigenvalue weighted by Gasteiger charge is -2.09. The van der Waals surface area contributed by atoms with Gasteiger partial charge in [-0.3, -0.25) is 14.8 Å². The van der Waals surface area contributed by atoms with Gasteiger partial charge in [0, 0.05) is 17.7 Å². The minimum Gasteiger partial charge on any atom is -0.349 e. The van der Waals surface area contributed by atoms with Crippen molar-refractivity contribution in [1.29, 1.82) is 0 Å². The fourth-order valence-corrected chi connectivity index (χ4v) is 2.53. The van der Waals surface area contributed by atoms with E-state index in [4.69, 9.17) is 5.21 Å². The van der Waals surface area contributed by atoms with Crippen LogP contribution < -0.4 is 10.8 Å². The molecule has 3 rings (SSSR count). The van der Waals surface area contributed by atoms with Crippen LogP contribution >= 0.6 is 0 Å². The van der Waals surface area contributed by atoms with E-state index in [0.29, 0.717) is 11.1 Å². The van der Waals surface area contributed by atoms with Crippen LogP contribution in [0.1, 0.15) is 29.5 Å². The fraction of sp³-hybridized carbons (Fsp3) is 0.143. The molecule has 0 bridgehead atoms. The van der Waals surface area contributed by atoms with Crippen LogP contribution in [0.3, 0.4) is 0 Å². The number of benzene rings is 2. The van der Waals surface area contributed by atoms with Crippen molar-refractivity contribution in [3.8, 4) is 0 Å². The molecule has 27 heavy (non-hydrogen) atoms. The second-order valence-corrected chi connectivity index (χ2v) is 6.29. The molecule has 5 nitrogen and oxygen atoms in total. The van der Waals surface area contributed by atoms with E-state index in [-0.39, 0.29) is 17.8 Å². The van der Waals surface area contributed by atoms with Crippen molar-refractivity contribution >= 4 is 29.5 Å². The molecule has 0 aliphatic heterocycles. The average molecular weight is 366 g/mol. The number of nitrogens with one attached hydrogen (secondary N) is 2. The first-order valence-electron chi connectivity index (χ1n) is 8.56. The van der Waals surface area contributed by atoms with Gasteiger partial charge in [0.2, 0.25) is 0 Å². The number of halogens is 1. The van der Waals surface area contributed by atoms with Crippen LogP contribution in [0.4, 0.5) is 4.39 Å². The molecule has 2 amide bonds. The zero-order chi connectivity index (χ0) is 19.2. The molecule has 1 fully saturated rings. The summed E-state index contributed by atoms with van der Waals surface area (Å²) in [6.07, 6.45) is 6.41. The van der Waals surface area contributed by atoms with Crippen molar-refractivity contribution in [1.82, 2.24) is 10.8 Å². The van der Waals surface area contributed by atoms with Crippen LogP contribution in [0.5, 0.6) is 0 Å². The van der Waals surface area contributed by atoms with Gasteiger partial charge in [0.1, 0.15) is 5.82 Å². The van der Waals surface area contributed by atoms with E-state index >= 15 is 0 Å². The second-order valence-electron chi connectivity index (χ2n) is 6.29. The zero-order valence-corrected chi connectivity index (χ0v) is 14.5. The summed E-state index contributed by atoms with van der Waals surface area (Å²) in [6, 6.07) is 13.2. The third-order valence-corrected chi connectivity index (χ3v) is 4.07. The van der Waals surface area contributed by atoms with Crippen LogP contribution in [0, 0.1) is 5.82 Å². The highest BCUT2D eigenvalue weighted by atomic mass is 19.1. The summed E-state index contributed by atoms with van der Waals surface area (Å²) in [4.78, 5) is 23.8. The van der Waals surface area contributed by atoms with Gasteiger partial charge in [-0.25, -0.2) is 9.87 Å². The van der Waals surface area contributed by atoms with Crippen LogP contribution in [0.2, 0.25) is 0 Å². The standard InChI is InChI=1S/C21H19FN2O3/c22-17-7-5-16(6-8-17)19(21(26)23-18-9-10-18)13-15-3-1-2-14(12-15)4-11-20(25)24-27/h1-8,11-13,18,27H,9-10H2,(H,23,26)(H,24,25)/b11-4+,19-13+. The summed E-state index contributed by atoms with van der Waals surface area (Å²) < 4.78 is 13.3. The van der Waals surface area contributed by atoms with Crippen LogP contribution in [-0.2, 0) is 9.59 Å². The maximum absolute atomic E-state index is 13.3. The SMILES string of the molecule is O=C(/C=C/c1cccc(/C=C(/C(=O)NC2CC2)c2ccc(F)cc2)c1)NO. The predicted octanol–water partition coefficient (Wildman–Crippen LogP) is 3.16. The van der Waals surface area contributed by atoms with Crippen molar-refractivity contribution in [2.24, 2.45) is 0 Å². The lowest BCUT2D eigenvalue weighted by molar-refractivity contribution is -0.124. The molecule has 1 saturated carbocycles. The Bertz CT molecular complexity index is 900. The minimum atomic E-state index is -0.633. The van der Waals surface area contributed by atoms with Crippen LogP contribution in [0.15, 0.2) is 54.6 Å². The number of carbonyl (C=O) groups is 2. The number of carbonyl (C=O) groups excluding carboxylic acids is 2. The Morgan fingerprint density at radius 3 is 2.44 bits per heavy atom. The van der Waals surface area contributed by atoms with Crippen molar-refractivity contribution in [3.63, 3.8) is 0 Å². The number of hydroxylamine groups is 1. The van der Waals surface area contributed by atoms with Crippen molar-refractivity contribution in [2.45, 2.75) is 18.9 Å². The molecule has 6 heteroatoms. The molecule has 3 N–H and O–H groups in total. The van der Waals surface area contributed by atoms with E-state index in [9.17, 15) is 14.0 Å². The molecule has 1 aliphatic rings. The first kappa shape index (κ1) is 18.5. The molecule has 0 atom stereocenters. The van der Waals surface area contributed by atoms with Gasteiger partial charge in [-0.15, -0.1) is 0 Å². The third-order valence-electron chi connectivity index (χ3n) is 4.07. The Kier molecular flexibility index (Phi) is 5.78. The molecule has 0 radical (unpaired) electrons. The minimum absolute atomic E-state index is 0.201. The van der Waals surface area contributed by atoms with E-state index in [2.05, 4.69) is 5.32 Å². The van der Waals surface area contributed by atoms with Gasteiger partial charge in [-0.05, 0) is 59.9 Å². The largest absolute Gasteiger partial charge is 0.349 e. The van der Waals surface area contributed by atoms with Crippen LogP contribution in [-0.4, -0.2) is 23.1 Å². The summed E-state index contributed by atoms with van der Waals surface area (Å²) in [6.45, 7) is 0. The maximum Gasteiger partial charge on any atom is 0.267 e. The van der Waals surface area contributed by atoms with Gasteiger partial charge < -0.3 is 5.32 Å².